The maximum atomic E-state index is 5.77. The molecule has 0 bridgehead atoms. The van der Waals surface area contributed by atoms with Crippen LogP contribution in [0, 0.1) is 0 Å². The summed E-state index contributed by atoms with van der Waals surface area (Å²) in [6, 6.07) is 6.90. The first-order valence-electron chi connectivity index (χ1n) is 7.18. The number of benzene rings is 1. The molecule has 0 aliphatic carbocycles. The molecule has 3 rings (SSSR count). The number of hydrogen-bond donors (Lipinski definition) is 1. The largest absolute Gasteiger partial charge is 0.490 e. The van der Waals surface area contributed by atoms with Crippen molar-refractivity contribution in [3.8, 4) is 11.5 Å². The van der Waals surface area contributed by atoms with Crippen molar-refractivity contribution in [3.63, 3.8) is 0 Å². The summed E-state index contributed by atoms with van der Waals surface area (Å²) in [5.41, 5.74) is 1.24. The topological polar surface area (TPSA) is 33.7 Å². The Morgan fingerprint density at radius 3 is 2.84 bits per heavy atom. The van der Waals surface area contributed by atoms with E-state index in [-0.39, 0.29) is 0 Å². The molecule has 2 aliphatic heterocycles. The Bertz CT molecular complexity index is 436. The quantitative estimate of drug-likeness (QED) is 0.884. The van der Waals surface area contributed by atoms with Gasteiger partial charge < -0.3 is 19.7 Å². The fourth-order valence-electron chi connectivity index (χ4n) is 2.80. The minimum absolute atomic E-state index is 0.588. The number of anilines is 1. The molecule has 2 heterocycles. The van der Waals surface area contributed by atoms with Crippen molar-refractivity contribution in [1.29, 1.82) is 0 Å². The molecule has 0 saturated carbocycles. The number of nitrogens with zero attached hydrogens (tertiary/aromatic N) is 1. The molecule has 1 N–H and O–H groups in total. The van der Waals surface area contributed by atoms with Crippen LogP contribution >= 0.6 is 0 Å². The lowest BCUT2D eigenvalue weighted by Gasteiger charge is -2.34. The molecule has 19 heavy (non-hydrogen) atoms. The van der Waals surface area contributed by atoms with Gasteiger partial charge in [-0.05, 0) is 32.0 Å². The highest BCUT2D eigenvalue weighted by Crippen LogP contribution is 2.34. The number of rotatable bonds is 2. The highest BCUT2D eigenvalue weighted by Gasteiger charge is 2.20. The van der Waals surface area contributed by atoms with E-state index in [0.29, 0.717) is 6.04 Å². The van der Waals surface area contributed by atoms with E-state index in [4.69, 9.17) is 9.47 Å². The fraction of sp³-hybridized carbons (Fsp3) is 0.600. The van der Waals surface area contributed by atoms with Gasteiger partial charge in [0.25, 0.3) is 0 Å². The number of nitrogens with one attached hydrogen (secondary N) is 1. The van der Waals surface area contributed by atoms with Crippen LogP contribution in [-0.2, 0) is 0 Å². The highest BCUT2D eigenvalue weighted by atomic mass is 16.5. The van der Waals surface area contributed by atoms with E-state index in [0.717, 1.165) is 44.2 Å². The fourth-order valence-corrected chi connectivity index (χ4v) is 2.80. The molecule has 1 saturated heterocycles. The summed E-state index contributed by atoms with van der Waals surface area (Å²) in [7, 11) is 2.04. The standard InChI is InChI=1S/C15H22N2O2/c1-16-12-4-2-7-17(11-12)13-5-6-14-15(10-13)19-9-3-8-18-14/h5-6,10,12,16H,2-4,7-9,11H2,1H3. The van der Waals surface area contributed by atoms with Crippen LogP contribution in [0.2, 0.25) is 0 Å². The predicted molar refractivity (Wildman–Crippen MR) is 76.3 cm³/mol. The number of fused-ring (bicyclic) bond motifs is 1. The Morgan fingerprint density at radius 2 is 2.00 bits per heavy atom. The van der Waals surface area contributed by atoms with Gasteiger partial charge in [-0.25, -0.2) is 0 Å². The van der Waals surface area contributed by atoms with Crippen molar-refractivity contribution < 1.29 is 9.47 Å². The molecule has 0 radical (unpaired) electrons. The summed E-state index contributed by atoms with van der Waals surface area (Å²) < 4.78 is 11.4. The van der Waals surface area contributed by atoms with Gasteiger partial charge in [0.05, 0.1) is 13.2 Å². The molecule has 0 amide bonds. The van der Waals surface area contributed by atoms with Crippen LogP contribution < -0.4 is 19.7 Å². The smallest absolute Gasteiger partial charge is 0.163 e. The first-order valence-corrected chi connectivity index (χ1v) is 7.18. The van der Waals surface area contributed by atoms with Crippen molar-refractivity contribution in [2.45, 2.75) is 25.3 Å². The monoisotopic (exact) mass is 262 g/mol. The zero-order valence-electron chi connectivity index (χ0n) is 11.5. The normalized spacial score (nSPS) is 23.0. The molecule has 1 fully saturated rings. The van der Waals surface area contributed by atoms with Crippen LogP contribution in [0.1, 0.15) is 19.3 Å². The minimum Gasteiger partial charge on any atom is -0.490 e. The van der Waals surface area contributed by atoms with Crippen LogP contribution in [0.5, 0.6) is 11.5 Å². The third kappa shape index (κ3) is 2.78. The van der Waals surface area contributed by atoms with Crippen molar-refractivity contribution in [2.75, 3.05) is 38.3 Å². The molecular weight excluding hydrogens is 240 g/mol. The van der Waals surface area contributed by atoms with Gasteiger partial charge >= 0.3 is 0 Å². The summed E-state index contributed by atoms with van der Waals surface area (Å²) in [6.45, 7) is 3.68. The third-order valence-electron chi connectivity index (χ3n) is 3.93. The molecule has 4 nitrogen and oxygen atoms in total. The van der Waals surface area contributed by atoms with E-state index in [1.54, 1.807) is 0 Å². The van der Waals surface area contributed by atoms with E-state index >= 15 is 0 Å². The van der Waals surface area contributed by atoms with Crippen LogP contribution in [0.15, 0.2) is 18.2 Å². The van der Waals surface area contributed by atoms with E-state index in [2.05, 4.69) is 22.3 Å². The highest BCUT2D eigenvalue weighted by molar-refractivity contribution is 5.57. The Morgan fingerprint density at radius 1 is 1.16 bits per heavy atom. The third-order valence-corrected chi connectivity index (χ3v) is 3.93. The van der Waals surface area contributed by atoms with Gasteiger partial charge in [-0.1, -0.05) is 0 Å². The predicted octanol–water partition coefficient (Wildman–Crippen LogP) is 2.04. The van der Waals surface area contributed by atoms with Crippen molar-refractivity contribution in [2.24, 2.45) is 0 Å². The van der Waals surface area contributed by atoms with Crippen molar-refractivity contribution in [1.82, 2.24) is 5.32 Å². The first-order chi connectivity index (χ1) is 9.36. The van der Waals surface area contributed by atoms with Crippen LogP contribution in [0.25, 0.3) is 0 Å². The lowest BCUT2D eigenvalue weighted by Crippen LogP contribution is -2.44. The molecule has 1 unspecified atom stereocenters. The Balaban J connectivity index is 1.79. The number of hydrogen-bond acceptors (Lipinski definition) is 4. The molecule has 1 aromatic rings. The Kier molecular flexibility index (Phi) is 3.78. The van der Waals surface area contributed by atoms with Gasteiger partial charge in [-0.15, -0.1) is 0 Å². The van der Waals surface area contributed by atoms with Crippen molar-refractivity contribution >= 4 is 5.69 Å². The summed E-state index contributed by atoms with van der Waals surface area (Å²) in [6.07, 6.45) is 3.45. The van der Waals surface area contributed by atoms with Gasteiger partial charge in [0.15, 0.2) is 11.5 Å². The summed E-state index contributed by atoms with van der Waals surface area (Å²) in [5, 5.41) is 3.38. The Labute approximate surface area is 114 Å². The average molecular weight is 262 g/mol. The van der Waals surface area contributed by atoms with Gasteiger partial charge in [-0.3, -0.25) is 0 Å². The lowest BCUT2D eigenvalue weighted by atomic mass is 10.1. The second kappa shape index (κ2) is 5.70. The SMILES string of the molecule is CNC1CCCN(c2ccc3c(c2)OCCCO3)C1. The molecule has 104 valence electrons. The number of likely N-dealkylation sites (N-methyl/N-ethyl adjacent to an activating group) is 1. The van der Waals surface area contributed by atoms with Gasteiger partial charge in [-0.2, -0.15) is 0 Å². The molecular formula is C15H22N2O2. The number of piperidine rings is 1. The average Bonchev–Trinajstić information content (AvgIpc) is 2.71. The van der Waals surface area contributed by atoms with Crippen LogP contribution in [0.3, 0.4) is 0 Å². The van der Waals surface area contributed by atoms with Gasteiger partial charge in [0.1, 0.15) is 0 Å². The van der Waals surface area contributed by atoms with Gasteiger partial charge in [0.2, 0.25) is 0 Å². The van der Waals surface area contributed by atoms with Crippen molar-refractivity contribution in [3.05, 3.63) is 18.2 Å². The zero-order chi connectivity index (χ0) is 13.1. The molecule has 1 atom stereocenters. The van der Waals surface area contributed by atoms with Crippen LogP contribution in [-0.4, -0.2) is 39.4 Å². The van der Waals surface area contributed by atoms with E-state index in [1.807, 2.05) is 13.1 Å². The minimum atomic E-state index is 0.588. The lowest BCUT2D eigenvalue weighted by molar-refractivity contribution is 0.297. The first kappa shape index (κ1) is 12.6. The second-order valence-electron chi connectivity index (χ2n) is 5.26. The molecule has 0 spiro atoms. The van der Waals surface area contributed by atoms with Gasteiger partial charge in [0, 0.05) is 37.3 Å². The molecule has 2 aliphatic rings. The summed E-state index contributed by atoms with van der Waals surface area (Å²) in [5.74, 6) is 1.77. The van der Waals surface area contributed by atoms with Crippen LogP contribution in [0.4, 0.5) is 5.69 Å². The number of ether oxygens (including phenoxy) is 2. The summed E-state index contributed by atoms with van der Waals surface area (Å²) in [4.78, 5) is 2.43. The van der Waals surface area contributed by atoms with E-state index in [1.165, 1.54) is 18.5 Å². The van der Waals surface area contributed by atoms with E-state index < -0.39 is 0 Å². The molecule has 4 heteroatoms. The maximum Gasteiger partial charge on any atom is 0.163 e. The summed E-state index contributed by atoms with van der Waals surface area (Å²) >= 11 is 0. The second-order valence-corrected chi connectivity index (χ2v) is 5.26. The molecule has 0 aromatic heterocycles. The van der Waals surface area contributed by atoms with E-state index in [9.17, 15) is 0 Å². The zero-order valence-corrected chi connectivity index (χ0v) is 11.5. The Hall–Kier alpha value is -1.42. The molecule has 1 aromatic carbocycles. The maximum absolute atomic E-state index is 5.77.